The van der Waals surface area contributed by atoms with Crippen LogP contribution in [0.1, 0.15) is 27.9 Å². The van der Waals surface area contributed by atoms with Crippen LogP contribution in [0.15, 0.2) is 35.5 Å². The van der Waals surface area contributed by atoms with Crippen LogP contribution in [0.5, 0.6) is 0 Å². The average molecular weight is 523 g/mol. The van der Waals surface area contributed by atoms with Crippen LogP contribution in [0.3, 0.4) is 0 Å². The first-order chi connectivity index (χ1) is 12.4. The summed E-state index contributed by atoms with van der Waals surface area (Å²) in [5.74, 6) is 0.663. The highest BCUT2D eigenvalue weighted by Crippen LogP contribution is 2.11. The number of rotatable bonds is 8. The van der Waals surface area contributed by atoms with Gasteiger partial charge in [0.05, 0.1) is 18.8 Å². The molecule has 0 saturated carbocycles. The van der Waals surface area contributed by atoms with Crippen molar-refractivity contribution in [3.05, 3.63) is 51.5 Å². The fraction of sp³-hybridized carbons (Fsp3) is 0.412. The maximum absolute atomic E-state index is 11.7. The van der Waals surface area contributed by atoms with E-state index in [2.05, 4.69) is 25.3 Å². The lowest BCUT2D eigenvalue weighted by atomic mass is 10.1. The number of aromatic nitrogens is 1. The molecule has 10 heteroatoms. The van der Waals surface area contributed by atoms with Crippen LogP contribution in [-0.2, 0) is 28.9 Å². The fourth-order valence-electron chi connectivity index (χ4n) is 2.26. The number of hydrogen-bond acceptors (Lipinski definition) is 5. The average Bonchev–Trinajstić information content (AvgIpc) is 3.03. The van der Waals surface area contributed by atoms with Gasteiger partial charge in [0, 0.05) is 17.6 Å². The van der Waals surface area contributed by atoms with Gasteiger partial charge in [0.2, 0.25) is 10.0 Å². The number of sulfonamides is 1. The zero-order valence-electron chi connectivity index (χ0n) is 15.7. The Bertz CT molecular complexity index is 853. The Hall–Kier alpha value is -1.24. The molecule has 3 N–H and O–H groups in total. The summed E-state index contributed by atoms with van der Waals surface area (Å²) in [7, 11) is -1.86. The molecule has 2 rings (SSSR count). The van der Waals surface area contributed by atoms with E-state index in [1.165, 1.54) is 11.9 Å². The summed E-state index contributed by atoms with van der Waals surface area (Å²) in [5, 5.41) is 7.47. The minimum atomic E-state index is -3.28. The molecule has 0 fully saturated rings. The highest BCUT2D eigenvalue weighted by Gasteiger charge is 2.09. The highest BCUT2D eigenvalue weighted by molar-refractivity contribution is 14.0. The molecule has 27 heavy (non-hydrogen) atoms. The van der Waals surface area contributed by atoms with Crippen molar-refractivity contribution in [2.75, 3.05) is 13.6 Å². The number of nitrogens with one attached hydrogen (secondary N) is 3. The van der Waals surface area contributed by atoms with E-state index in [0.717, 1.165) is 22.7 Å². The molecule has 0 amide bonds. The van der Waals surface area contributed by atoms with Crippen molar-refractivity contribution in [2.45, 2.75) is 32.7 Å². The number of halogens is 1. The quantitative estimate of drug-likeness (QED) is 0.281. The normalized spacial score (nSPS) is 11.7. The fourth-order valence-corrected chi connectivity index (χ4v) is 3.75. The maximum Gasteiger partial charge on any atom is 0.215 e. The molecule has 0 aliphatic rings. The van der Waals surface area contributed by atoms with Crippen LogP contribution in [0.4, 0.5) is 0 Å². The number of benzene rings is 1. The van der Waals surface area contributed by atoms with Gasteiger partial charge in [-0.25, -0.2) is 23.1 Å². The van der Waals surface area contributed by atoms with Gasteiger partial charge < -0.3 is 10.6 Å². The van der Waals surface area contributed by atoms with Crippen LogP contribution in [0, 0.1) is 6.92 Å². The first kappa shape index (κ1) is 23.8. The molecule has 0 unspecified atom stereocenters. The largest absolute Gasteiger partial charge is 0.357 e. The highest BCUT2D eigenvalue weighted by atomic mass is 127. The van der Waals surface area contributed by atoms with Gasteiger partial charge in [-0.15, -0.1) is 35.3 Å². The Balaban J connectivity index is 0.00000364. The number of aliphatic imine (C=N–C) groups is 1. The molecule has 0 aliphatic carbocycles. The van der Waals surface area contributed by atoms with Gasteiger partial charge in [-0.05, 0) is 32.0 Å². The monoisotopic (exact) mass is 523 g/mol. The third kappa shape index (κ3) is 8.54. The Morgan fingerprint density at radius 1 is 1.26 bits per heavy atom. The summed E-state index contributed by atoms with van der Waals surface area (Å²) >= 11 is 1.65. The molecular formula is C17H26IN5O2S2. The second-order valence-electron chi connectivity index (χ2n) is 5.70. The molecule has 0 aliphatic heterocycles. The second-order valence-corrected chi connectivity index (χ2v) is 8.94. The van der Waals surface area contributed by atoms with Gasteiger partial charge in [0.1, 0.15) is 5.01 Å². The van der Waals surface area contributed by atoms with Crippen molar-refractivity contribution in [3.63, 3.8) is 0 Å². The Morgan fingerprint density at radius 3 is 2.63 bits per heavy atom. The molecule has 0 atom stereocenters. The summed E-state index contributed by atoms with van der Waals surface area (Å²) in [6, 6.07) is 7.46. The standard InChI is InChI=1S/C17H25N5O2S2.HI/c1-4-19-17(22-11-16-20-9-13(2)25-16)21-10-14-6-5-7-15(8-14)12-26(23,24)18-3;/h5-9,18H,4,10-12H2,1-3H3,(H2,19,21,22);1H. The van der Waals surface area contributed by atoms with Gasteiger partial charge in [0.15, 0.2) is 5.96 Å². The van der Waals surface area contributed by atoms with Crippen molar-refractivity contribution in [1.82, 2.24) is 20.3 Å². The summed E-state index contributed by atoms with van der Waals surface area (Å²) < 4.78 is 25.7. The van der Waals surface area contributed by atoms with Crippen molar-refractivity contribution < 1.29 is 8.42 Å². The van der Waals surface area contributed by atoms with E-state index in [-0.39, 0.29) is 29.7 Å². The SMILES string of the molecule is CCNC(=NCc1cccc(CS(=O)(=O)NC)c1)NCc1ncc(C)s1.I. The van der Waals surface area contributed by atoms with E-state index in [4.69, 9.17) is 0 Å². The van der Waals surface area contributed by atoms with E-state index in [9.17, 15) is 8.42 Å². The first-order valence-corrected chi connectivity index (χ1v) is 10.8. The number of aryl methyl sites for hydroxylation is 1. The molecule has 0 radical (unpaired) electrons. The lowest BCUT2D eigenvalue weighted by Crippen LogP contribution is -2.36. The topological polar surface area (TPSA) is 95.5 Å². The summed E-state index contributed by atoms with van der Waals surface area (Å²) in [6.45, 7) is 5.86. The van der Waals surface area contributed by atoms with E-state index >= 15 is 0 Å². The van der Waals surface area contributed by atoms with Crippen LogP contribution in [0.2, 0.25) is 0 Å². The van der Waals surface area contributed by atoms with E-state index in [0.29, 0.717) is 19.0 Å². The third-order valence-electron chi connectivity index (χ3n) is 3.50. The lowest BCUT2D eigenvalue weighted by molar-refractivity contribution is 0.587. The predicted octanol–water partition coefficient (Wildman–Crippen LogP) is 2.37. The van der Waals surface area contributed by atoms with Gasteiger partial charge in [0.25, 0.3) is 0 Å². The van der Waals surface area contributed by atoms with Gasteiger partial charge >= 0.3 is 0 Å². The predicted molar refractivity (Wildman–Crippen MR) is 122 cm³/mol. The van der Waals surface area contributed by atoms with Crippen molar-refractivity contribution >= 4 is 51.3 Å². The lowest BCUT2D eigenvalue weighted by Gasteiger charge is -2.10. The number of hydrogen-bond donors (Lipinski definition) is 3. The second kappa shape index (κ2) is 11.6. The maximum atomic E-state index is 11.7. The van der Waals surface area contributed by atoms with Gasteiger partial charge in [-0.2, -0.15) is 0 Å². The van der Waals surface area contributed by atoms with Crippen LogP contribution < -0.4 is 15.4 Å². The molecule has 1 aromatic carbocycles. The molecule has 150 valence electrons. The molecule has 2 aromatic rings. The van der Waals surface area contributed by atoms with Gasteiger partial charge in [-0.3, -0.25) is 0 Å². The molecule has 0 bridgehead atoms. The molecule has 1 heterocycles. The molecule has 7 nitrogen and oxygen atoms in total. The zero-order valence-corrected chi connectivity index (χ0v) is 19.6. The molecule has 1 aromatic heterocycles. The van der Waals surface area contributed by atoms with Crippen LogP contribution >= 0.6 is 35.3 Å². The Kier molecular flexibility index (Phi) is 10.2. The Morgan fingerprint density at radius 2 is 2.00 bits per heavy atom. The number of thiazole rings is 1. The number of nitrogens with zero attached hydrogens (tertiary/aromatic N) is 2. The van der Waals surface area contributed by atoms with Crippen LogP contribution in [-0.4, -0.2) is 33.0 Å². The summed E-state index contributed by atoms with van der Waals surface area (Å²) in [4.78, 5) is 10.1. The minimum Gasteiger partial charge on any atom is -0.357 e. The summed E-state index contributed by atoms with van der Waals surface area (Å²) in [5.41, 5.74) is 1.69. The zero-order chi connectivity index (χ0) is 19.0. The van der Waals surface area contributed by atoms with Crippen molar-refractivity contribution in [1.29, 1.82) is 0 Å². The van der Waals surface area contributed by atoms with E-state index in [1.807, 2.05) is 38.2 Å². The minimum absolute atomic E-state index is 0. The van der Waals surface area contributed by atoms with E-state index < -0.39 is 10.0 Å². The number of guanidine groups is 1. The van der Waals surface area contributed by atoms with Crippen molar-refractivity contribution in [2.24, 2.45) is 4.99 Å². The van der Waals surface area contributed by atoms with E-state index in [1.54, 1.807) is 17.4 Å². The summed E-state index contributed by atoms with van der Waals surface area (Å²) in [6.07, 6.45) is 1.86. The smallest absolute Gasteiger partial charge is 0.215 e. The van der Waals surface area contributed by atoms with Crippen molar-refractivity contribution in [3.8, 4) is 0 Å². The van der Waals surface area contributed by atoms with Crippen LogP contribution in [0.25, 0.3) is 0 Å². The molecule has 0 saturated heterocycles. The molecule has 0 spiro atoms. The first-order valence-electron chi connectivity index (χ1n) is 8.34. The third-order valence-corrected chi connectivity index (χ3v) is 5.75. The van der Waals surface area contributed by atoms with Gasteiger partial charge in [-0.1, -0.05) is 24.3 Å². The molecular weight excluding hydrogens is 497 g/mol. The Labute approximate surface area is 182 Å².